The quantitative estimate of drug-likeness (QED) is 0.896. The van der Waals surface area contributed by atoms with Gasteiger partial charge in [0.05, 0.1) is 6.04 Å². The van der Waals surface area contributed by atoms with Crippen LogP contribution in [0.15, 0.2) is 18.2 Å². The minimum absolute atomic E-state index is 0.0432. The Hall–Kier alpha value is -1.06. The molecular weight excluding hydrogens is 236 g/mol. The summed E-state index contributed by atoms with van der Waals surface area (Å²) < 4.78 is 0. The van der Waals surface area contributed by atoms with Crippen molar-refractivity contribution < 1.29 is 4.79 Å². The fourth-order valence-corrected chi connectivity index (χ4v) is 2.39. The van der Waals surface area contributed by atoms with Crippen LogP contribution in [0.2, 0.25) is 5.02 Å². The molecule has 0 saturated carbocycles. The van der Waals surface area contributed by atoms with E-state index in [1.807, 2.05) is 36.9 Å². The van der Waals surface area contributed by atoms with E-state index in [4.69, 9.17) is 11.6 Å². The molecule has 1 unspecified atom stereocenters. The van der Waals surface area contributed by atoms with E-state index in [9.17, 15) is 4.79 Å². The Labute approximate surface area is 107 Å². The largest absolute Gasteiger partial charge is 0.311 e. The maximum Gasteiger partial charge on any atom is 0.244 e. The topological polar surface area (TPSA) is 32.3 Å². The molecule has 1 aromatic carbocycles. The van der Waals surface area contributed by atoms with Crippen molar-refractivity contribution in [3.8, 4) is 0 Å². The fraction of sp³-hybridized carbons (Fsp3) is 0.462. The lowest BCUT2D eigenvalue weighted by molar-refractivity contribution is -0.118. The normalized spacial score (nSPS) is 20.1. The van der Waals surface area contributed by atoms with E-state index in [0.717, 1.165) is 30.8 Å². The maximum atomic E-state index is 12.2. The summed E-state index contributed by atoms with van der Waals surface area (Å²) in [6, 6.07) is 5.62. The molecule has 1 saturated heterocycles. The van der Waals surface area contributed by atoms with E-state index in [2.05, 4.69) is 5.32 Å². The van der Waals surface area contributed by atoms with E-state index in [-0.39, 0.29) is 11.9 Å². The van der Waals surface area contributed by atoms with Crippen LogP contribution in [0.3, 0.4) is 0 Å². The minimum Gasteiger partial charge on any atom is -0.311 e. The number of nitrogens with one attached hydrogen (secondary N) is 1. The number of aryl methyl sites for hydroxylation is 1. The van der Waals surface area contributed by atoms with Crippen LogP contribution in [0.1, 0.15) is 18.9 Å². The Bertz CT molecular complexity index is 433. The van der Waals surface area contributed by atoms with Crippen LogP contribution >= 0.6 is 11.6 Å². The molecule has 17 heavy (non-hydrogen) atoms. The number of nitrogens with zero attached hydrogens (tertiary/aromatic N) is 1. The molecule has 92 valence electrons. The van der Waals surface area contributed by atoms with Crippen molar-refractivity contribution in [1.82, 2.24) is 5.32 Å². The zero-order valence-electron chi connectivity index (χ0n) is 10.2. The number of halogens is 1. The Balaban J connectivity index is 2.24. The number of likely N-dealkylation sites (N-methyl/N-ethyl adjacent to an activating group) is 1. The van der Waals surface area contributed by atoms with Crippen LogP contribution in [0.5, 0.6) is 0 Å². The summed E-state index contributed by atoms with van der Waals surface area (Å²) in [5.41, 5.74) is 2.02. The average Bonchev–Trinajstić information content (AvgIpc) is 2.65. The third-order valence-corrected chi connectivity index (χ3v) is 3.35. The first-order valence-corrected chi connectivity index (χ1v) is 6.32. The van der Waals surface area contributed by atoms with Gasteiger partial charge in [-0.05, 0) is 37.6 Å². The van der Waals surface area contributed by atoms with Gasteiger partial charge in [0.2, 0.25) is 5.91 Å². The number of hydrogen-bond acceptors (Lipinski definition) is 2. The van der Waals surface area contributed by atoms with Crippen LogP contribution < -0.4 is 10.2 Å². The molecule has 1 aliphatic rings. The van der Waals surface area contributed by atoms with Gasteiger partial charge in [0.25, 0.3) is 0 Å². The molecule has 1 aromatic rings. The number of hydrogen-bond donors (Lipinski definition) is 1. The Kier molecular flexibility index (Phi) is 3.69. The highest BCUT2D eigenvalue weighted by atomic mass is 35.5. The van der Waals surface area contributed by atoms with Gasteiger partial charge in [-0.15, -0.1) is 0 Å². The molecule has 1 atom stereocenters. The summed E-state index contributed by atoms with van der Waals surface area (Å²) in [4.78, 5) is 14.0. The minimum atomic E-state index is -0.0432. The smallest absolute Gasteiger partial charge is 0.244 e. The highest BCUT2D eigenvalue weighted by molar-refractivity contribution is 6.31. The molecule has 0 spiro atoms. The fourth-order valence-electron chi connectivity index (χ4n) is 2.23. The lowest BCUT2D eigenvalue weighted by Crippen LogP contribution is -2.38. The van der Waals surface area contributed by atoms with Crippen molar-refractivity contribution in [3.63, 3.8) is 0 Å². The zero-order chi connectivity index (χ0) is 12.4. The van der Waals surface area contributed by atoms with Crippen molar-refractivity contribution in [3.05, 3.63) is 28.8 Å². The van der Waals surface area contributed by atoms with Crippen LogP contribution in [0.4, 0.5) is 5.69 Å². The third-order valence-electron chi connectivity index (χ3n) is 3.12. The van der Waals surface area contributed by atoms with Gasteiger partial charge < -0.3 is 10.2 Å². The summed E-state index contributed by atoms with van der Waals surface area (Å²) >= 11 is 5.99. The van der Waals surface area contributed by atoms with Gasteiger partial charge >= 0.3 is 0 Å². The van der Waals surface area contributed by atoms with E-state index >= 15 is 0 Å². The first kappa shape index (κ1) is 12.4. The van der Waals surface area contributed by atoms with Crippen LogP contribution in [-0.4, -0.2) is 25.0 Å². The number of amides is 1. The molecule has 3 nitrogen and oxygen atoms in total. The van der Waals surface area contributed by atoms with Crippen molar-refractivity contribution in [2.24, 2.45) is 0 Å². The molecule has 1 N–H and O–H groups in total. The average molecular weight is 253 g/mol. The second-order valence-corrected chi connectivity index (χ2v) is 4.76. The number of rotatable bonds is 3. The van der Waals surface area contributed by atoms with Gasteiger partial charge in [0.15, 0.2) is 0 Å². The second-order valence-electron chi connectivity index (χ2n) is 4.32. The number of carbonyl (C=O) groups is 1. The lowest BCUT2D eigenvalue weighted by atomic mass is 10.2. The molecule has 4 heteroatoms. The third kappa shape index (κ3) is 2.45. The molecule has 1 aliphatic heterocycles. The zero-order valence-corrected chi connectivity index (χ0v) is 10.9. The summed E-state index contributed by atoms with van der Waals surface area (Å²) in [5, 5.41) is 3.88. The van der Waals surface area contributed by atoms with E-state index < -0.39 is 0 Å². The summed E-state index contributed by atoms with van der Waals surface area (Å²) in [6.45, 7) is 5.59. The van der Waals surface area contributed by atoms with Gasteiger partial charge in [-0.25, -0.2) is 0 Å². The lowest BCUT2D eigenvalue weighted by Gasteiger charge is -2.19. The standard InChI is InChI=1S/C13H17ClN2O/c1-3-15-11-6-7-16(13(11)17)12-8-10(14)5-4-9(12)2/h4-5,8,11,15H,3,6-7H2,1-2H3. The highest BCUT2D eigenvalue weighted by Crippen LogP contribution is 2.28. The number of anilines is 1. The number of benzene rings is 1. The molecule has 0 aromatic heterocycles. The Morgan fingerprint density at radius 2 is 2.29 bits per heavy atom. The van der Waals surface area contributed by atoms with Crippen molar-refractivity contribution >= 4 is 23.2 Å². The molecule has 0 bridgehead atoms. The van der Waals surface area contributed by atoms with Crippen LogP contribution in [0.25, 0.3) is 0 Å². The van der Waals surface area contributed by atoms with Gasteiger partial charge in [-0.3, -0.25) is 4.79 Å². The van der Waals surface area contributed by atoms with Gasteiger partial charge in [0, 0.05) is 17.3 Å². The molecule has 0 radical (unpaired) electrons. The van der Waals surface area contributed by atoms with E-state index in [1.54, 1.807) is 0 Å². The number of carbonyl (C=O) groups excluding carboxylic acids is 1. The first-order chi connectivity index (χ1) is 8.13. The predicted octanol–water partition coefficient (Wildman–Crippen LogP) is 2.36. The molecule has 0 aliphatic carbocycles. The van der Waals surface area contributed by atoms with E-state index in [0.29, 0.717) is 5.02 Å². The monoisotopic (exact) mass is 252 g/mol. The van der Waals surface area contributed by atoms with Crippen LogP contribution in [0, 0.1) is 6.92 Å². The Morgan fingerprint density at radius 3 is 3.00 bits per heavy atom. The predicted molar refractivity (Wildman–Crippen MR) is 70.6 cm³/mol. The summed E-state index contributed by atoms with van der Waals surface area (Å²) in [7, 11) is 0. The summed E-state index contributed by atoms with van der Waals surface area (Å²) in [6.07, 6.45) is 0.860. The first-order valence-electron chi connectivity index (χ1n) is 5.94. The van der Waals surface area contributed by atoms with Crippen molar-refractivity contribution in [2.45, 2.75) is 26.3 Å². The molecular formula is C13H17ClN2O. The van der Waals surface area contributed by atoms with Crippen molar-refractivity contribution in [2.75, 3.05) is 18.0 Å². The molecule has 1 heterocycles. The molecule has 2 rings (SSSR count). The Morgan fingerprint density at radius 1 is 1.53 bits per heavy atom. The molecule has 1 fully saturated rings. The van der Waals surface area contributed by atoms with Crippen LogP contribution in [-0.2, 0) is 4.79 Å². The molecule has 1 amide bonds. The van der Waals surface area contributed by atoms with Gasteiger partial charge in [-0.2, -0.15) is 0 Å². The van der Waals surface area contributed by atoms with E-state index in [1.165, 1.54) is 0 Å². The summed E-state index contributed by atoms with van der Waals surface area (Å²) in [5.74, 6) is 0.150. The van der Waals surface area contributed by atoms with Gasteiger partial charge in [0.1, 0.15) is 0 Å². The second kappa shape index (κ2) is 5.07. The maximum absolute atomic E-state index is 12.2. The SMILES string of the molecule is CCNC1CCN(c2cc(Cl)ccc2C)C1=O. The highest BCUT2D eigenvalue weighted by Gasteiger charge is 2.32. The van der Waals surface area contributed by atoms with Crippen molar-refractivity contribution in [1.29, 1.82) is 0 Å². The van der Waals surface area contributed by atoms with Gasteiger partial charge in [-0.1, -0.05) is 24.6 Å².